The Balaban J connectivity index is 1.69. The molecule has 1 aliphatic rings. The molecule has 0 bridgehead atoms. The molecule has 5 nitrogen and oxygen atoms in total. The van der Waals surface area contributed by atoms with Crippen LogP contribution in [-0.2, 0) is 0 Å². The number of thiazole rings is 1. The fraction of sp³-hybridized carbons (Fsp3) is 0.529. The summed E-state index contributed by atoms with van der Waals surface area (Å²) in [6.07, 6.45) is 2.64. The van der Waals surface area contributed by atoms with E-state index in [0.29, 0.717) is 24.5 Å². The van der Waals surface area contributed by atoms with Crippen molar-refractivity contribution in [1.82, 2.24) is 9.88 Å². The molecule has 2 aromatic rings. The van der Waals surface area contributed by atoms with Gasteiger partial charge in [-0.2, -0.15) is 0 Å². The molecule has 23 heavy (non-hydrogen) atoms. The highest BCUT2D eigenvalue weighted by Crippen LogP contribution is 2.35. The number of piperidine rings is 1. The van der Waals surface area contributed by atoms with Gasteiger partial charge in [-0.15, -0.1) is 11.3 Å². The summed E-state index contributed by atoms with van der Waals surface area (Å²) in [4.78, 5) is 18.9. The van der Waals surface area contributed by atoms with Gasteiger partial charge >= 0.3 is 0 Å². The van der Waals surface area contributed by atoms with Gasteiger partial charge < -0.3 is 14.4 Å². The van der Waals surface area contributed by atoms with Crippen LogP contribution < -0.4 is 0 Å². The lowest BCUT2D eigenvalue weighted by Crippen LogP contribution is -2.44. The minimum atomic E-state index is -0.0292. The average molecular weight is 334 g/mol. The van der Waals surface area contributed by atoms with Gasteiger partial charge in [0.1, 0.15) is 11.5 Å². The van der Waals surface area contributed by atoms with Gasteiger partial charge in [-0.1, -0.05) is 6.92 Å². The molecule has 0 aliphatic carbocycles. The third kappa shape index (κ3) is 3.19. The molecule has 1 aliphatic heterocycles. The lowest BCUT2D eigenvalue weighted by Gasteiger charge is -2.40. The van der Waals surface area contributed by atoms with Crippen LogP contribution in [0.5, 0.6) is 0 Å². The Kier molecular flexibility index (Phi) is 4.55. The van der Waals surface area contributed by atoms with Crippen molar-refractivity contribution in [1.29, 1.82) is 0 Å². The normalized spacial score (nSPS) is 17.4. The van der Waals surface area contributed by atoms with Crippen molar-refractivity contribution in [3.05, 3.63) is 29.0 Å². The molecule has 0 atom stereocenters. The zero-order valence-corrected chi connectivity index (χ0v) is 14.4. The summed E-state index contributed by atoms with van der Waals surface area (Å²) < 4.78 is 5.56. The average Bonchev–Trinajstić information content (AvgIpc) is 3.23. The minimum Gasteiger partial charge on any atom is -0.459 e. The summed E-state index contributed by atoms with van der Waals surface area (Å²) in [5, 5.41) is 12.1. The number of carbonyl (C=O) groups excluding carboxylic acids is 1. The van der Waals surface area contributed by atoms with Crippen LogP contribution in [0, 0.1) is 12.3 Å². The Morgan fingerprint density at radius 2 is 2.17 bits per heavy atom. The molecule has 1 amide bonds. The van der Waals surface area contributed by atoms with Crippen LogP contribution >= 0.6 is 11.3 Å². The molecule has 1 saturated heterocycles. The van der Waals surface area contributed by atoms with E-state index in [9.17, 15) is 9.90 Å². The van der Waals surface area contributed by atoms with Gasteiger partial charge in [0.2, 0.25) is 0 Å². The number of likely N-dealkylation sites (tertiary alicyclic amines) is 1. The molecule has 0 aromatic carbocycles. The van der Waals surface area contributed by atoms with Gasteiger partial charge in [-0.3, -0.25) is 4.79 Å². The molecule has 3 rings (SSSR count). The largest absolute Gasteiger partial charge is 0.459 e. The predicted molar refractivity (Wildman–Crippen MR) is 89.5 cm³/mol. The van der Waals surface area contributed by atoms with Crippen molar-refractivity contribution in [3.8, 4) is 10.8 Å². The van der Waals surface area contributed by atoms with Gasteiger partial charge in [-0.05, 0) is 43.7 Å². The van der Waals surface area contributed by atoms with Gasteiger partial charge in [0.15, 0.2) is 10.8 Å². The van der Waals surface area contributed by atoms with Crippen LogP contribution in [0.25, 0.3) is 10.8 Å². The SMILES string of the molecule is CCC1(CO)CCN(C(=O)c2csc(-c3ccc(C)o3)n2)CC1. The molecule has 0 radical (unpaired) electrons. The standard InChI is InChI=1S/C17H22N2O3S/c1-3-17(11-20)6-8-19(9-7-17)16(21)13-10-23-15(18-13)14-5-4-12(2)22-14/h4-5,10,20H,3,6-9,11H2,1-2H3. The lowest BCUT2D eigenvalue weighted by molar-refractivity contribution is 0.0335. The Bertz CT molecular complexity index is 678. The quantitative estimate of drug-likeness (QED) is 0.931. The van der Waals surface area contributed by atoms with Gasteiger partial charge in [-0.25, -0.2) is 4.98 Å². The van der Waals surface area contributed by atoms with E-state index < -0.39 is 0 Å². The zero-order chi connectivity index (χ0) is 16.4. The number of aliphatic hydroxyl groups excluding tert-OH is 1. The topological polar surface area (TPSA) is 66.6 Å². The van der Waals surface area contributed by atoms with Crippen molar-refractivity contribution in [2.24, 2.45) is 5.41 Å². The fourth-order valence-electron chi connectivity index (χ4n) is 3.00. The fourth-order valence-corrected chi connectivity index (χ4v) is 3.76. The molecule has 1 fully saturated rings. The second-order valence-corrected chi connectivity index (χ2v) is 7.11. The van der Waals surface area contributed by atoms with Crippen LogP contribution in [0.3, 0.4) is 0 Å². The third-order valence-corrected chi connectivity index (χ3v) is 5.73. The number of amides is 1. The van der Waals surface area contributed by atoms with Crippen molar-refractivity contribution in [3.63, 3.8) is 0 Å². The molecular weight excluding hydrogens is 312 g/mol. The first-order valence-electron chi connectivity index (χ1n) is 7.99. The Hall–Kier alpha value is -1.66. The van der Waals surface area contributed by atoms with Crippen molar-refractivity contribution < 1.29 is 14.3 Å². The van der Waals surface area contributed by atoms with E-state index in [2.05, 4.69) is 11.9 Å². The lowest BCUT2D eigenvalue weighted by atomic mass is 9.77. The van der Waals surface area contributed by atoms with Gasteiger partial charge in [0.25, 0.3) is 5.91 Å². The number of rotatable bonds is 4. The first-order valence-corrected chi connectivity index (χ1v) is 8.87. The van der Waals surface area contributed by atoms with Crippen LogP contribution in [0.4, 0.5) is 0 Å². The predicted octanol–water partition coefficient (Wildman–Crippen LogP) is 3.34. The van der Waals surface area contributed by atoms with Crippen molar-refractivity contribution in [2.45, 2.75) is 33.1 Å². The number of aromatic nitrogens is 1. The highest BCUT2D eigenvalue weighted by Gasteiger charge is 2.34. The summed E-state index contributed by atoms with van der Waals surface area (Å²) >= 11 is 1.42. The molecule has 6 heteroatoms. The van der Waals surface area contributed by atoms with E-state index in [4.69, 9.17) is 4.42 Å². The summed E-state index contributed by atoms with van der Waals surface area (Å²) in [5.41, 5.74) is 0.461. The van der Waals surface area contributed by atoms with Gasteiger partial charge in [0, 0.05) is 25.1 Å². The number of nitrogens with zero attached hydrogens (tertiary/aromatic N) is 2. The first-order chi connectivity index (χ1) is 11.1. The number of hydrogen-bond donors (Lipinski definition) is 1. The number of aliphatic hydroxyl groups is 1. The Morgan fingerprint density at radius 1 is 1.43 bits per heavy atom. The highest BCUT2D eigenvalue weighted by molar-refractivity contribution is 7.13. The summed E-state index contributed by atoms with van der Waals surface area (Å²) in [6, 6.07) is 3.77. The maximum Gasteiger partial charge on any atom is 0.273 e. The maximum atomic E-state index is 12.6. The number of aryl methyl sites for hydroxylation is 1. The van der Waals surface area contributed by atoms with E-state index in [1.54, 1.807) is 5.38 Å². The molecule has 0 unspecified atom stereocenters. The highest BCUT2D eigenvalue weighted by atomic mass is 32.1. The molecule has 3 heterocycles. The Labute approximate surface area is 140 Å². The summed E-state index contributed by atoms with van der Waals surface area (Å²) in [7, 11) is 0. The van der Waals surface area contributed by atoms with E-state index in [0.717, 1.165) is 30.0 Å². The van der Waals surface area contributed by atoms with E-state index in [1.165, 1.54) is 11.3 Å². The van der Waals surface area contributed by atoms with Crippen molar-refractivity contribution in [2.75, 3.05) is 19.7 Å². The number of hydrogen-bond acceptors (Lipinski definition) is 5. The van der Waals surface area contributed by atoms with Crippen LogP contribution in [0.1, 0.15) is 42.4 Å². The van der Waals surface area contributed by atoms with Gasteiger partial charge in [0.05, 0.1) is 0 Å². The summed E-state index contributed by atoms with van der Waals surface area (Å²) in [6.45, 7) is 5.55. The first kappa shape index (κ1) is 16.2. The zero-order valence-electron chi connectivity index (χ0n) is 13.5. The molecule has 1 N–H and O–H groups in total. The van der Waals surface area contributed by atoms with Crippen molar-refractivity contribution >= 4 is 17.2 Å². The number of carbonyl (C=O) groups is 1. The second-order valence-electron chi connectivity index (χ2n) is 6.25. The monoisotopic (exact) mass is 334 g/mol. The maximum absolute atomic E-state index is 12.6. The van der Waals surface area contributed by atoms with Crippen LogP contribution in [0.2, 0.25) is 0 Å². The van der Waals surface area contributed by atoms with E-state index in [1.807, 2.05) is 24.0 Å². The second kappa shape index (κ2) is 6.45. The number of furan rings is 1. The minimum absolute atomic E-state index is 0.0181. The molecular formula is C17H22N2O3S. The van der Waals surface area contributed by atoms with E-state index >= 15 is 0 Å². The third-order valence-electron chi connectivity index (χ3n) is 4.87. The molecule has 2 aromatic heterocycles. The smallest absolute Gasteiger partial charge is 0.273 e. The van der Waals surface area contributed by atoms with Crippen LogP contribution in [-0.4, -0.2) is 40.6 Å². The van der Waals surface area contributed by atoms with E-state index in [-0.39, 0.29) is 17.9 Å². The van der Waals surface area contributed by atoms with Crippen LogP contribution in [0.15, 0.2) is 21.9 Å². The molecule has 0 spiro atoms. The summed E-state index contributed by atoms with van der Waals surface area (Å²) in [5.74, 6) is 1.51. The molecule has 0 saturated carbocycles. The molecule has 124 valence electrons. The Morgan fingerprint density at radius 3 is 2.74 bits per heavy atom.